The van der Waals surface area contributed by atoms with Crippen LogP contribution < -0.4 is 0 Å². The molecule has 0 heterocycles. The van der Waals surface area contributed by atoms with Gasteiger partial charge in [0, 0.05) is 19.5 Å². The molecule has 0 aromatic rings. The summed E-state index contributed by atoms with van der Waals surface area (Å²) in [5.41, 5.74) is 0. The Bertz CT molecular complexity index is 27.6. The predicted octanol–water partition coefficient (Wildman–Crippen LogP) is -5.76. The minimum Gasteiger partial charge on any atom is -0.412 e. The summed E-state index contributed by atoms with van der Waals surface area (Å²) in [6.07, 6.45) is 0. The van der Waals surface area contributed by atoms with Gasteiger partial charge in [-0.2, -0.15) is 0 Å². The van der Waals surface area contributed by atoms with E-state index in [1.165, 1.54) is 0 Å². The molecule has 0 saturated carbocycles. The molecular weight excluding hydrogens is 215 g/mol. The first-order valence-corrected chi connectivity index (χ1v) is 1.55. The second-order valence-corrected chi connectivity index (χ2v) is 0.693. The average Bonchev–Trinajstić information content (AvgIpc) is 1.25. The van der Waals surface area contributed by atoms with Crippen molar-refractivity contribution in [3.63, 3.8) is 0 Å². The van der Waals surface area contributed by atoms with Gasteiger partial charge in [0.1, 0.15) is 0 Å². The van der Waals surface area contributed by atoms with Crippen LogP contribution in [0, 0.1) is 0 Å². The van der Waals surface area contributed by atoms with Crippen LogP contribution in [-0.2, 0) is 19.5 Å². The monoisotopic (exact) mass is 224 g/mol. The van der Waals surface area contributed by atoms with Crippen molar-refractivity contribution in [2.75, 3.05) is 0 Å². The van der Waals surface area contributed by atoms with E-state index in [0.717, 1.165) is 0 Å². The fourth-order valence-electron chi connectivity index (χ4n) is 0. The third-order valence-corrected chi connectivity index (χ3v) is 0. The largest absolute Gasteiger partial charge is 0.631 e. The Hall–Kier alpha value is 0.433. The van der Waals surface area contributed by atoms with Crippen molar-refractivity contribution in [1.82, 2.24) is 0 Å². The Morgan fingerprint density at radius 2 is 0.545 bits per heavy atom. The summed E-state index contributed by atoms with van der Waals surface area (Å²) < 4.78 is 0. The van der Waals surface area contributed by atoms with Crippen LogP contribution in [-0.4, -0.2) is 55.7 Å². The molecule has 0 bridgehead atoms. The average molecular weight is 225 g/mol. The molecule has 0 saturated heterocycles. The number of hydrogen-bond donors (Lipinski definition) is 6. The molecule has 11 heteroatoms. The molecule has 0 aliphatic carbocycles. The molecule has 0 aliphatic rings. The Morgan fingerprint density at radius 3 is 0.545 bits per heavy atom. The summed E-state index contributed by atoms with van der Waals surface area (Å²) in [6, 6.07) is 0. The second kappa shape index (κ2) is 22.4. The topological polar surface area (TPSA) is 184 Å². The van der Waals surface area contributed by atoms with Crippen molar-refractivity contribution in [2.24, 2.45) is 0 Å². The quantitative estimate of drug-likeness (QED) is 0.223. The summed E-state index contributed by atoms with van der Waals surface area (Å²) in [5.74, 6) is 0. The molecule has 0 spiro atoms. The van der Waals surface area contributed by atoms with Crippen molar-refractivity contribution in [1.29, 1.82) is 0 Å². The summed E-state index contributed by atoms with van der Waals surface area (Å²) in [7, 11) is -4.33. The van der Waals surface area contributed by atoms with E-state index in [4.69, 9.17) is 30.1 Å². The van der Waals surface area contributed by atoms with Crippen molar-refractivity contribution >= 4 is 14.6 Å². The molecule has 0 unspecified atom stereocenters. The van der Waals surface area contributed by atoms with Gasteiger partial charge in [0.2, 0.25) is 0 Å². The standard InChI is InChI=1S/2BH3O3.2H2O.Zn/c2*2-1(3)4;;;/h2*2-4H;2*1H2;. The minimum absolute atomic E-state index is 0. The Morgan fingerprint density at radius 1 is 0.545 bits per heavy atom. The van der Waals surface area contributed by atoms with E-state index in [1.807, 2.05) is 0 Å². The van der Waals surface area contributed by atoms with E-state index >= 15 is 0 Å². The Kier molecular flexibility index (Phi) is 61.3. The first kappa shape index (κ1) is 30.1. The molecule has 0 radical (unpaired) electrons. The molecule has 0 amide bonds. The number of hydrogen-bond acceptors (Lipinski definition) is 6. The van der Waals surface area contributed by atoms with Gasteiger partial charge in [-0.1, -0.05) is 0 Å². The third-order valence-electron chi connectivity index (χ3n) is 0. The van der Waals surface area contributed by atoms with E-state index in [1.54, 1.807) is 0 Å². The van der Waals surface area contributed by atoms with Crippen molar-refractivity contribution in [2.45, 2.75) is 0 Å². The van der Waals surface area contributed by atoms with Crippen molar-refractivity contribution in [3.05, 3.63) is 0 Å². The smallest absolute Gasteiger partial charge is 0.412 e. The normalized spacial score (nSPS) is 4.91. The summed E-state index contributed by atoms with van der Waals surface area (Å²) in [5, 5.41) is 43.0. The second-order valence-electron chi connectivity index (χ2n) is 0.693. The van der Waals surface area contributed by atoms with Crippen LogP contribution in [0.3, 0.4) is 0 Å². The van der Waals surface area contributed by atoms with Crippen LogP contribution >= 0.6 is 0 Å². The van der Waals surface area contributed by atoms with Crippen LogP contribution in [0.25, 0.3) is 0 Å². The van der Waals surface area contributed by atoms with Crippen LogP contribution in [0.2, 0.25) is 0 Å². The van der Waals surface area contributed by atoms with Gasteiger partial charge in [-0.3, -0.25) is 0 Å². The van der Waals surface area contributed by atoms with Gasteiger partial charge in [-0.15, -0.1) is 0 Å². The van der Waals surface area contributed by atoms with E-state index in [0.29, 0.717) is 0 Å². The Balaban J connectivity index is -0.0000000171. The zero-order valence-electron chi connectivity index (χ0n) is 5.55. The molecule has 0 aromatic heterocycles. The molecule has 0 aromatic carbocycles. The zero-order valence-corrected chi connectivity index (χ0v) is 8.51. The van der Waals surface area contributed by atoms with Gasteiger partial charge in [0.05, 0.1) is 0 Å². The van der Waals surface area contributed by atoms with Gasteiger partial charge < -0.3 is 41.1 Å². The summed E-state index contributed by atoms with van der Waals surface area (Å²) >= 11 is 0. The van der Waals surface area contributed by atoms with E-state index < -0.39 is 14.6 Å². The molecule has 8 nitrogen and oxygen atoms in total. The van der Waals surface area contributed by atoms with Gasteiger partial charge in [0.15, 0.2) is 0 Å². The molecule has 10 N–H and O–H groups in total. The minimum atomic E-state index is -2.17. The van der Waals surface area contributed by atoms with Gasteiger partial charge in [-0.05, 0) is 0 Å². The van der Waals surface area contributed by atoms with Gasteiger partial charge in [0.25, 0.3) is 0 Å². The fourth-order valence-corrected chi connectivity index (χ4v) is 0. The number of rotatable bonds is 0. The van der Waals surface area contributed by atoms with Crippen LogP contribution in [0.5, 0.6) is 0 Å². The van der Waals surface area contributed by atoms with E-state index in [9.17, 15) is 0 Å². The molecule has 0 atom stereocenters. The maximum atomic E-state index is 7.17. The summed E-state index contributed by atoms with van der Waals surface area (Å²) in [6.45, 7) is 0. The molecule has 11 heavy (non-hydrogen) atoms. The summed E-state index contributed by atoms with van der Waals surface area (Å²) in [4.78, 5) is 0. The van der Waals surface area contributed by atoms with Gasteiger partial charge >= 0.3 is 14.6 Å². The van der Waals surface area contributed by atoms with Crippen LogP contribution in [0.1, 0.15) is 0 Å². The van der Waals surface area contributed by atoms with E-state index in [-0.39, 0.29) is 30.4 Å². The van der Waals surface area contributed by atoms with Gasteiger partial charge in [-0.25, -0.2) is 0 Å². The maximum Gasteiger partial charge on any atom is 0.631 e. The third kappa shape index (κ3) is 3950. The molecule has 66 valence electrons. The fraction of sp³-hybridized carbons (Fsp3) is 0. The van der Waals surface area contributed by atoms with Crippen molar-refractivity contribution in [3.8, 4) is 0 Å². The van der Waals surface area contributed by atoms with Crippen LogP contribution in [0.4, 0.5) is 0 Å². The van der Waals surface area contributed by atoms with E-state index in [2.05, 4.69) is 0 Å². The molecule has 0 rings (SSSR count). The SMILES string of the molecule is O.O.OB(O)O.OB(O)O.[Zn]. The molecular formula is H10B2O8Zn. The zero-order chi connectivity index (χ0) is 7.15. The first-order valence-electron chi connectivity index (χ1n) is 1.55. The molecule has 0 fully saturated rings. The van der Waals surface area contributed by atoms with Crippen LogP contribution in [0.15, 0.2) is 0 Å². The first-order chi connectivity index (χ1) is 3.46. The maximum absolute atomic E-state index is 7.17. The molecule has 0 aliphatic heterocycles. The predicted molar refractivity (Wildman–Crippen MR) is 32.0 cm³/mol. The van der Waals surface area contributed by atoms with Crippen molar-refractivity contribution < 1.29 is 60.6 Å². The Labute approximate surface area is 75.8 Å².